The van der Waals surface area contributed by atoms with E-state index in [4.69, 9.17) is 0 Å². The summed E-state index contributed by atoms with van der Waals surface area (Å²) in [6, 6.07) is 0. The van der Waals surface area contributed by atoms with Crippen molar-refractivity contribution < 1.29 is 9.90 Å². The van der Waals surface area contributed by atoms with Gasteiger partial charge in [0.2, 0.25) is 0 Å². The van der Waals surface area contributed by atoms with Gasteiger partial charge in [0, 0.05) is 12.3 Å². The average molecular weight is 168 g/mol. The van der Waals surface area contributed by atoms with Crippen molar-refractivity contribution in [3.05, 3.63) is 11.6 Å². The second kappa shape index (κ2) is 3.40. The van der Waals surface area contributed by atoms with Gasteiger partial charge in [0.1, 0.15) is 5.78 Å². The van der Waals surface area contributed by atoms with Crippen LogP contribution in [0.1, 0.15) is 27.2 Å². The molecule has 0 aromatic heterocycles. The Kier molecular flexibility index (Phi) is 2.68. The fraction of sp³-hybridized carbons (Fsp3) is 0.700. The summed E-state index contributed by atoms with van der Waals surface area (Å²) in [5.41, 5.74) is 0.990. The van der Waals surface area contributed by atoms with Crippen molar-refractivity contribution in [1.29, 1.82) is 0 Å². The average Bonchev–Trinajstić information content (AvgIpc) is 1.82. The predicted octanol–water partition coefficient (Wildman–Crippen LogP) is 1.54. The van der Waals surface area contributed by atoms with E-state index < -0.39 is 6.10 Å². The highest BCUT2D eigenvalue weighted by Crippen LogP contribution is 2.26. The first-order valence-electron chi connectivity index (χ1n) is 4.40. The molecule has 0 saturated heterocycles. The Labute approximate surface area is 73.3 Å². The van der Waals surface area contributed by atoms with Crippen molar-refractivity contribution in [2.24, 2.45) is 11.8 Å². The van der Waals surface area contributed by atoms with E-state index in [0.717, 1.165) is 5.57 Å². The summed E-state index contributed by atoms with van der Waals surface area (Å²) in [5, 5.41) is 9.58. The minimum atomic E-state index is -0.564. The second-order valence-corrected chi connectivity index (χ2v) is 3.92. The zero-order chi connectivity index (χ0) is 9.30. The normalized spacial score (nSPS) is 30.8. The molecule has 0 aliphatic heterocycles. The van der Waals surface area contributed by atoms with Gasteiger partial charge in [-0.3, -0.25) is 4.79 Å². The molecule has 0 bridgehead atoms. The van der Waals surface area contributed by atoms with Crippen LogP contribution in [-0.4, -0.2) is 17.0 Å². The molecule has 2 atom stereocenters. The number of Topliss-reactive ketones (excluding diaryl/α,β-unsaturated/α-hetero) is 1. The van der Waals surface area contributed by atoms with Crippen molar-refractivity contribution in [3.63, 3.8) is 0 Å². The molecule has 0 radical (unpaired) electrons. The second-order valence-electron chi connectivity index (χ2n) is 3.92. The maximum atomic E-state index is 11.5. The number of aliphatic hydroxyl groups excluding tert-OH is 1. The maximum Gasteiger partial charge on any atom is 0.143 e. The van der Waals surface area contributed by atoms with Crippen molar-refractivity contribution in [2.45, 2.75) is 33.3 Å². The van der Waals surface area contributed by atoms with Gasteiger partial charge >= 0.3 is 0 Å². The van der Waals surface area contributed by atoms with Crippen LogP contribution >= 0.6 is 0 Å². The van der Waals surface area contributed by atoms with Gasteiger partial charge in [0.15, 0.2) is 0 Å². The van der Waals surface area contributed by atoms with E-state index >= 15 is 0 Å². The van der Waals surface area contributed by atoms with Crippen molar-refractivity contribution in [2.75, 3.05) is 0 Å². The summed E-state index contributed by atoms with van der Waals surface area (Å²) < 4.78 is 0. The van der Waals surface area contributed by atoms with Crippen LogP contribution in [0.4, 0.5) is 0 Å². The minimum absolute atomic E-state index is 0.178. The van der Waals surface area contributed by atoms with Crippen LogP contribution in [0.5, 0.6) is 0 Å². The quantitative estimate of drug-likeness (QED) is 0.603. The molecule has 1 rings (SSSR count). The zero-order valence-electron chi connectivity index (χ0n) is 7.87. The lowest BCUT2D eigenvalue weighted by molar-refractivity contribution is -0.127. The standard InChI is InChI=1S/C10H16O2/c1-6(2)10-8(11)4-7(3)5-9(10)12/h4,6,8,10-11H,5H2,1-3H3/t8-,10-/m0/s1. The Balaban J connectivity index is 2.83. The minimum Gasteiger partial charge on any atom is -0.388 e. The summed E-state index contributed by atoms with van der Waals surface area (Å²) in [6.07, 6.45) is 1.75. The molecule has 0 saturated carbocycles. The molecular weight excluding hydrogens is 152 g/mol. The zero-order valence-corrected chi connectivity index (χ0v) is 7.87. The smallest absolute Gasteiger partial charge is 0.143 e. The molecule has 0 unspecified atom stereocenters. The molecule has 1 N–H and O–H groups in total. The first-order valence-corrected chi connectivity index (χ1v) is 4.40. The van der Waals surface area contributed by atoms with E-state index in [9.17, 15) is 9.90 Å². The third kappa shape index (κ3) is 1.75. The first-order chi connectivity index (χ1) is 5.52. The Hall–Kier alpha value is -0.630. The lowest BCUT2D eigenvalue weighted by Crippen LogP contribution is -2.34. The van der Waals surface area contributed by atoms with Crippen LogP contribution in [-0.2, 0) is 4.79 Å². The van der Waals surface area contributed by atoms with E-state index in [2.05, 4.69) is 0 Å². The number of allylic oxidation sites excluding steroid dienone is 1. The Bertz CT molecular complexity index is 216. The molecule has 2 nitrogen and oxygen atoms in total. The molecule has 0 aromatic rings. The number of rotatable bonds is 1. The van der Waals surface area contributed by atoms with Crippen molar-refractivity contribution >= 4 is 5.78 Å². The lowest BCUT2D eigenvalue weighted by Gasteiger charge is -2.27. The third-order valence-corrected chi connectivity index (χ3v) is 2.37. The monoisotopic (exact) mass is 168 g/mol. The van der Waals surface area contributed by atoms with Crippen LogP contribution in [0.25, 0.3) is 0 Å². The Morgan fingerprint density at radius 3 is 2.58 bits per heavy atom. The fourth-order valence-corrected chi connectivity index (χ4v) is 1.80. The van der Waals surface area contributed by atoms with Gasteiger partial charge < -0.3 is 5.11 Å². The van der Waals surface area contributed by atoms with Crippen molar-refractivity contribution in [3.8, 4) is 0 Å². The van der Waals surface area contributed by atoms with E-state index in [1.165, 1.54) is 0 Å². The van der Waals surface area contributed by atoms with E-state index in [0.29, 0.717) is 6.42 Å². The van der Waals surface area contributed by atoms with Crippen LogP contribution in [0.2, 0.25) is 0 Å². The summed E-state index contributed by atoms with van der Waals surface area (Å²) >= 11 is 0. The van der Waals surface area contributed by atoms with Gasteiger partial charge in [0.25, 0.3) is 0 Å². The molecule has 1 aliphatic carbocycles. The molecule has 12 heavy (non-hydrogen) atoms. The summed E-state index contributed by atoms with van der Waals surface area (Å²) in [7, 11) is 0. The third-order valence-electron chi connectivity index (χ3n) is 2.37. The number of hydrogen-bond donors (Lipinski definition) is 1. The molecule has 0 heterocycles. The van der Waals surface area contributed by atoms with Gasteiger partial charge in [-0.1, -0.05) is 25.5 Å². The molecule has 0 amide bonds. The van der Waals surface area contributed by atoms with E-state index in [1.54, 1.807) is 6.08 Å². The molecule has 68 valence electrons. The first kappa shape index (κ1) is 9.46. The Morgan fingerprint density at radius 2 is 2.17 bits per heavy atom. The molecular formula is C10H16O2. The van der Waals surface area contributed by atoms with E-state index in [1.807, 2.05) is 20.8 Å². The lowest BCUT2D eigenvalue weighted by atomic mass is 9.80. The maximum absolute atomic E-state index is 11.5. The van der Waals surface area contributed by atoms with E-state index in [-0.39, 0.29) is 17.6 Å². The van der Waals surface area contributed by atoms with Crippen LogP contribution in [0.15, 0.2) is 11.6 Å². The SMILES string of the molecule is CC1=C[C@H](O)[C@H](C(C)C)C(=O)C1. The number of ketones is 1. The van der Waals surface area contributed by atoms with Gasteiger partial charge in [-0.2, -0.15) is 0 Å². The highest BCUT2D eigenvalue weighted by Gasteiger charge is 2.31. The molecule has 0 fully saturated rings. The van der Waals surface area contributed by atoms with Crippen LogP contribution < -0.4 is 0 Å². The summed E-state index contributed by atoms with van der Waals surface area (Å²) in [6.45, 7) is 5.83. The molecule has 0 aromatic carbocycles. The van der Waals surface area contributed by atoms with Crippen LogP contribution in [0.3, 0.4) is 0 Å². The van der Waals surface area contributed by atoms with Gasteiger partial charge in [-0.15, -0.1) is 0 Å². The van der Waals surface area contributed by atoms with Gasteiger partial charge in [-0.05, 0) is 12.8 Å². The number of hydrogen-bond acceptors (Lipinski definition) is 2. The highest BCUT2D eigenvalue weighted by atomic mass is 16.3. The van der Waals surface area contributed by atoms with Crippen molar-refractivity contribution in [1.82, 2.24) is 0 Å². The fourth-order valence-electron chi connectivity index (χ4n) is 1.80. The highest BCUT2D eigenvalue weighted by molar-refractivity contribution is 5.85. The summed E-state index contributed by atoms with van der Waals surface area (Å²) in [5.74, 6) is 0.225. The van der Waals surface area contributed by atoms with Crippen LogP contribution in [0, 0.1) is 11.8 Å². The van der Waals surface area contributed by atoms with Gasteiger partial charge in [-0.25, -0.2) is 0 Å². The van der Waals surface area contributed by atoms with Gasteiger partial charge in [0.05, 0.1) is 6.10 Å². The number of aliphatic hydroxyl groups is 1. The predicted molar refractivity (Wildman–Crippen MR) is 47.7 cm³/mol. The number of carbonyl (C=O) groups excluding carboxylic acids is 1. The number of carbonyl (C=O) groups is 1. The Morgan fingerprint density at radius 1 is 1.58 bits per heavy atom. The largest absolute Gasteiger partial charge is 0.388 e. The molecule has 2 heteroatoms. The topological polar surface area (TPSA) is 37.3 Å². The summed E-state index contributed by atoms with van der Waals surface area (Å²) in [4.78, 5) is 11.5. The molecule has 1 aliphatic rings. The molecule has 0 spiro atoms.